The normalized spacial score (nSPS) is 15.3. The van der Waals surface area contributed by atoms with Crippen LogP contribution in [0, 0.1) is 13.8 Å². The van der Waals surface area contributed by atoms with E-state index >= 15 is 0 Å². The van der Waals surface area contributed by atoms with Crippen molar-refractivity contribution in [2.75, 3.05) is 31.1 Å². The number of imidazole rings is 1. The molecule has 162 valence electrons. The van der Waals surface area contributed by atoms with Crippen LogP contribution in [-0.2, 0) is 10.0 Å². The first-order valence-corrected chi connectivity index (χ1v) is 11.4. The Kier molecular flexibility index (Phi) is 5.59. The molecule has 10 heteroatoms. The lowest BCUT2D eigenvalue weighted by atomic mass is 10.2. The number of sulfonamides is 1. The summed E-state index contributed by atoms with van der Waals surface area (Å²) >= 11 is 0. The van der Waals surface area contributed by atoms with E-state index < -0.39 is 10.0 Å². The van der Waals surface area contributed by atoms with Crippen molar-refractivity contribution >= 4 is 21.6 Å². The third-order valence-electron chi connectivity index (χ3n) is 5.58. The highest BCUT2D eigenvalue weighted by Crippen LogP contribution is 2.22. The number of anilines is 1. The Morgan fingerprint density at radius 1 is 0.968 bits per heavy atom. The van der Waals surface area contributed by atoms with E-state index in [1.807, 2.05) is 29.4 Å². The first kappa shape index (κ1) is 21.1. The molecule has 1 aliphatic rings. The summed E-state index contributed by atoms with van der Waals surface area (Å²) in [5.74, 6) is 1.30. The van der Waals surface area contributed by atoms with E-state index in [1.54, 1.807) is 18.5 Å². The molecule has 0 radical (unpaired) electrons. The minimum Gasteiger partial charge on any atom is -0.354 e. The Hall–Kier alpha value is -3.11. The first-order chi connectivity index (χ1) is 14.8. The highest BCUT2D eigenvalue weighted by molar-refractivity contribution is 7.89. The van der Waals surface area contributed by atoms with Crippen molar-refractivity contribution in [3.05, 3.63) is 59.9 Å². The fourth-order valence-corrected chi connectivity index (χ4v) is 5.02. The largest absolute Gasteiger partial charge is 0.354 e. The van der Waals surface area contributed by atoms with Crippen molar-refractivity contribution in [2.24, 2.45) is 0 Å². The molecule has 3 aromatic rings. The molecule has 0 bridgehead atoms. The molecule has 1 aliphatic heterocycles. The highest BCUT2D eigenvalue weighted by Gasteiger charge is 2.29. The smallest absolute Gasteiger partial charge is 0.243 e. The molecule has 1 saturated heterocycles. The van der Waals surface area contributed by atoms with Crippen molar-refractivity contribution in [2.45, 2.75) is 25.7 Å². The summed E-state index contributed by atoms with van der Waals surface area (Å²) in [4.78, 5) is 26.8. The molecule has 9 nitrogen and oxygen atoms in total. The van der Waals surface area contributed by atoms with Crippen LogP contribution >= 0.6 is 0 Å². The number of rotatable bonds is 5. The Balaban J connectivity index is 1.50. The zero-order valence-electron chi connectivity index (χ0n) is 17.7. The summed E-state index contributed by atoms with van der Waals surface area (Å²) in [5.41, 5.74) is 2.33. The van der Waals surface area contributed by atoms with E-state index in [-0.39, 0.29) is 10.7 Å². The number of hydrogen-bond acceptors (Lipinski definition) is 7. The maximum Gasteiger partial charge on any atom is 0.243 e. The molecule has 0 saturated carbocycles. The summed E-state index contributed by atoms with van der Waals surface area (Å²) in [6.45, 7) is 7.01. The van der Waals surface area contributed by atoms with Gasteiger partial charge < -0.3 is 4.90 Å². The lowest BCUT2D eigenvalue weighted by Crippen LogP contribution is -2.49. The van der Waals surface area contributed by atoms with Gasteiger partial charge in [-0.05, 0) is 32.9 Å². The number of nitrogens with zero attached hydrogens (tertiary/aromatic N) is 6. The second-order valence-corrected chi connectivity index (χ2v) is 9.43. The highest BCUT2D eigenvalue weighted by atomic mass is 32.2. The van der Waals surface area contributed by atoms with Gasteiger partial charge in [0.15, 0.2) is 5.78 Å². The summed E-state index contributed by atoms with van der Waals surface area (Å²) in [5, 5.41) is 0. The molecule has 0 spiro atoms. The Morgan fingerprint density at radius 3 is 2.32 bits per heavy atom. The summed E-state index contributed by atoms with van der Waals surface area (Å²) < 4.78 is 29.4. The zero-order valence-corrected chi connectivity index (χ0v) is 18.5. The van der Waals surface area contributed by atoms with E-state index in [1.165, 1.54) is 29.7 Å². The van der Waals surface area contributed by atoms with Gasteiger partial charge in [0.1, 0.15) is 24.3 Å². The van der Waals surface area contributed by atoms with Crippen LogP contribution in [0.1, 0.15) is 28.7 Å². The minimum absolute atomic E-state index is 0.143. The number of carbonyl (C=O) groups is 1. The van der Waals surface area contributed by atoms with Gasteiger partial charge in [-0.3, -0.25) is 9.36 Å². The molecule has 0 N–H and O–H groups in total. The third kappa shape index (κ3) is 4.08. The van der Waals surface area contributed by atoms with Gasteiger partial charge in [-0.2, -0.15) is 4.31 Å². The minimum atomic E-state index is -3.67. The van der Waals surface area contributed by atoms with Gasteiger partial charge in [0.25, 0.3) is 0 Å². The predicted molar refractivity (Wildman–Crippen MR) is 116 cm³/mol. The molecule has 31 heavy (non-hydrogen) atoms. The van der Waals surface area contributed by atoms with Crippen molar-refractivity contribution in [1.82, 2.24) is 23.8 Å². The second kappa shape index (κ2) is 8.20. The summed E-state index contributed by atoms with van der Waals surface area (Å²) in [7, 11) is -3.67. The zero-order chi connectivity index (χ0) is 22.2. The monoisotopic (exact) mass is 440 g/mol. The fraction of sp³-hybridized carbons (Fsp3) is 0.333. The number of carbonyl (C=O) groups excluding carboxylic acids is 1. The van der Waals surface area contributed by atoms with E-state index in [4.69, 9.17) is 0 Å². The molecule has 0 unspecified atom stereocenters. The van der Waals surface area contributed by atoms with Gasteiger partial charge in [-0.25, -0.2) is 23.4 Å². The van der Waals surface area contributed by atoms with Crippen LogP contribution in [0.3, 0.4) is 0 Å². The van der Waals surface area contributed by atoms with Crippen LogP contribution in [-0.4, -0.2) is 64.2 Å². The van der Waals surface area contributed by atoms with E-state index in [0.717, 1.165) is 23.0 Å². The third-order valence-corrected chi connectivity index (χ3v) is 7.47. The van der Waals surface area contributed by atoms with E-state index in [9.17, 15) is 13.2 Å². The molecular formula is C21H24N6O3S. The molecular weight excluding hydrogens is 416 g/mol. The first-order valence-electron chi connectivity index (χ1n) is 9.96. The van der Waals surface area contributed by atoms with Gasteiger partial charge in [0, 0.05) is 43.5 Å². The number of aromatic nitrogens is 4. The SMILES string of the molecule is CC(=O)c1cccc(S(=O)(=O)N2CCN(c3cc(-n4cnc(C)c4C)ncn3)CC2)c1. The van der Waals surface area contributed by atoms with E-state index in [0.29, 0.717) is 31.7 Å². The molecule has 1 fully saturated rings. The van der Waals surface area contributed by atoms with Gasteiger partial charge in [0.2, 0.25) is 10.0 Å². The molecule has 1 aromatic carbocycles. The van der Waals surface area contributed by atoms with Gasteiger partial charge in [-0.15, -0.1) is 0 Å². The number of piperazine rings is 1. The molecule has 2 aromatic heterocycles. The molecule has 0 amide bonds. The number of aryl methyl sites for hydroxylation is 1. The van der Waals surface area contributed by atoms with Crippen LogP contribution in [0.5, 0.6) is 0 Å². The Bertz CT molecular complexity index is 1230. The fourth-order valence-electron chi connectivity index (χ4n) is 3.55. The standard InChI is InChI=1S/C21H24N6O3S/c1-15-16(2)27(14-24-15)21-12-20(22-13-23-21)25-7-9-26(10-8-25)31(29,30)19-6-4-5-18(11-19)17(3)28/h4-6,11-14H,7-10H2,1-3H3. The summed E-state index contributed by atoms with van der Waals surface area (Å²) in [6.07, 6.45) is 3.24. The molecule has 0 atom stereocenters. The maximum atomic E-state index is 13.0. The lowest BCUT2D eigenvalue weighted by molar-refractivity contribution is 0.101. The van der Waals surface area contributed by atoms with Crippen molar-refractivity contribution in [3.8, 4) is 5.82 Å². The van der Waals surface area contributed by atoms with Crippen molar-refractivity contribution in [1.29, 1.82) is 0 Å². The van der Waals surface area contributed by atoms with Crippen molar-refractivity contribution in [3.63, 3.8) is 0 Å². The molecule has 4 rings (SSSR count). The van der Waals surface area contributed by atoms with E-state index in [2.05, 4.69) is 15.0 Å². The van der Waals surface area contributed by atoms with Gasteiger partial charge in [0.05, 0.1) is 10.6 Å². The molecule has 0 aliphatic carbocycles. The van der Waals surface area contributed by atoms with Crippen LogP contribution in [0.2, 0.25) is 0 Å². The quantitative estimate of drug-likeness (QED) is 0.559. The average molecular weight is 441 g/mol. The molecule has 3 heterocycles. The number of ketones is 1. The lowest BCUT2D eigenvalue weighted by Gasteiger charge is -2.34. The van der Waals surface area contributed by atoms with Crippen molar-refractivity contribution < 1.29 is 13.2 Å². The van der Waals surface area contributed by atoms with Gasteiger partial charge in [-0.1, -0.05) is 12.1 Å². The number of Topliss-reactive ketones (excluding diaryl/α,β-unsaturated/α-hetero) is 1. The second-order valence-electron chi connectivity index (χ2n) is 7.49. The topological polar surface area (TPSA) is 101 Å². The number of hydrogen-bond donors (Lipinski definition) is 0. The van der Waals surface area contributed by atoms with Crippen LogP contribution in [0.15, 0.2) is 47.9 Å². The van der Waals surface area contributed by atoms with Crippen LogP contribution in [0.4, 0.5) is 5.82 Å². The summed E-state index contributed by atoms with van der Waals surface area (Å²) in [6, 6.07) is 8.07. The Morgan fingerprint density at radius 2 is 1.68 bits per heavy atom. The van der Waals surface area contributed by atoms with Crippen LogP contribution < -0.4 is 4.90 Å². The van der Waals surface area contributed by atoms with Crippen LogP contribution in [0.25, 0.3) is 5.82 Å². The van der Waals surface area contributed by atoms with Gasteiger partial charge >= 0.3 is 0 Å². The number of benzene rings is 1. The maximum absolute atomic E-state index is 13.0. The Labute approximate surface area is 181 Å². The average Bonchev–Trinajstić information content (AvgIpc) is 3.12. The predicted octanol–water partition coefficient (Wildman–Crippen LogP) is 1.99.